The van der Waals surface area contributed by atoms with Gasteiger partial charge in [-0.25, -0.2) is 0 Å². The monoisotopic (exact) mass is 482 g/mol. The molecule has 3 rings (SSSR count). The van der Waals surface area contributed by atoms with E-state index in [0.717, 1.165) is 31.7 Å². The third-order valence-electron chi connectivity index (χ3n) is 5.49. The Bertz CT molecular complexity index is 829. The lowest BCUT2D eigenvalue weighted by atomic mass is 10.0. The van der Waals surface area contributed by atoms with Crippen LogP contribution in [0.4, 0.5) is 0 Å². The maximum Gasteiger partial charge on any atom is 0.138 e. The van der Waals surface area contributed by atoms with Crippen molar-refractivity contribution >= 4 is 23.2 Å². The molecule has 32 heavy (non-hydrogen) atoms. The van der Waals surface area contributed by atoms with Crippen molar-refractivity contribution < 1.29 is 19.7 Å². The third kappa shape index (κ3) is 8.43. The Balaban J connectivity index is 1.28. The lowest BCUT2D eigenvalue weighted by Crippen LogP contribution is -2.47. The summed E-state index contributed by atoms with van der Waals surface area (Å²) < 4.78 is 11.3. The lowest BCUT2D eigenvalue weighted by Gasteiger charge is -2.33. The minimum absolute atomic E-state index is 0.173. The fourth-order valence-electron chi connectivity index (χ4n) is 3.64. The van der Waals surface area contributed by atoms with Gasteiger partial charge in [0.25, 0.3) is 0 Å². The van der Waals surface area contributed by atoms with Gasteiger partial charge in [0.15, 0.2) is 0 Å². The van der Waals surface area contributed by atoms with Gasteiger partial charge in [0.1, 0.15) is 36.9 Å². The zero-order valence-electron chi connectivity index (χ0n) is 18.3. The van der Waals surface area contributed by atoms with E-state index in [2.05, 4.69) is 10.2 Å². The van der Waals surface area contributed by atoms with Crippen molar-refractivity contribution in [2.75, 3.05) is 39.4 Å². The number of likely N-dealkylation sites (tertiary alicyclic amines) is 1. The Morgan fingerprint density at radius 3 is 2.38 bits per heavy atom. The number of hydrogen-bond donors (Lipinski definition) is 3. The molecule has 0 spiro atoms. The van der Waals surface area contributed by atoms with E-state index in [1.165, 1.54) is 5.56 Å². The van der Waals surface area contributed by atoms with Gasteiger partial charge in [0.2, 0.25) is 0 Å². The molecule has 2 atom stereocenters. The molecule has 0 aromatic heterocycles. The number of aryl methyl sites for hydroxylation is 1. The molecule has 0 aliphatic carbocycles. The summed E-state index contributed by atoms with van der Waals surface area (Å²) in [6.45, 7) is 5.27. The van der Waals surface area contributed by atoms with Crippen LogP contribution in [0.1, 0.15) is 18.4 Å². The number of β-amino-alcohol motifs (C(OH)–C–C–N with tert-alkyl or cyclic N) is 1. The zero-order chi connectivity index (χ0) is 22.9. The highest BCUT2D eigenvalue weighted by Gasteiger charge is 2.22. The summed E-state index contributed by atoms with van der Waals surface area (Å²) in [6, 6.07) is 13.2. The largest absolute Gasteiger partial charge is 0.491 e. The van der Waals surface area contributed by atoms with Crippen LogP contribution in [0.5, 0.6) is 11.5 Å². The first-order valence-corrected chi connectivity index (χ1v) is 11.7. The summed E-state index contributed by atoms with van der Waals surface area (Å²) in [4.78, 5) is 2.23. The van der Waals surface area contributed by atoms with Gasteiger partial charge in [0.05, 0.1) is 5.02 Å². The minimum Gasteiger partial charge on any atom is -0.491 e. The van der Waals surface area contributed by atoms with E-state index in [0.29, 0.717) is 34.9 Å². The second-order valence-electron chi connectivity index (χ2n) is 8.30. The van der Waals surface area contributed by atoms with E-state index < -0.39 is 12.2 Å². The van der Waals surface area contributed by atoms with Crippen LogP contribution in [0.3, 0.4) is 0 Å². The van der Waals surface area contributed by atoms with Crippen molar-refractivity contribution in [3.8, 4) is 11.5 Å². The molecular weight excluding hydrogens is 451 g/mol. The van der Waals surface area contributed by atoms with E-state index >= 15 is 0 Å². The van der Waals surface area contributed by atoms with Crippen LogP contribution in [0.15, 0.2) is 42.5 Å². The number of ether oxygens (including phenoxy) is 2. The Hall–Kier alpha value is -1.54. The van der Waals surface area contributed by atoms with E-state index in [1.807, 2.05) is 31.2 Å². The molecule has 1 aliphatic rings. The van der Waals surface area contributed by atoms with E-state index in [1.54, 1.807) is 18.2 Å². The summed E-state index contributed by atoms with van der Waals surface area (Å²) in [5.41, 5.74) is 1.18. The number of aliphatic hydroxyl groups excluding tert-OH is 2. The van der Waals surface area contributed by atoms with Crippen LogP contribution in [0, 0.1) is 6.92 Å². The summed E-state index contributed by atoms with van der Waals surface area (Å²) in [5, 5.41) is 24.9. The van der Waals surface area contributed by atoms with E-state index in [4.69, 9.17) is 32.7 Å². The van der Waals surface area contributed by atoms with Crippen LogP contribution in [-0.2, 0) is 0 Å². The molecule has 0 radical (unpaired) electrons. The molecule has 1 saturated heterocycles. The standard InChI is InChI=1S/C24H32Cl2N2O4/c1-17-2-5-22(6-3-17)31-15-20(29)13-27-19-8-10-28(11-9-19)14-21(30)16-32-24-7-4-18(25)12-23(24)26/h2-7,12,19-21,27,29-30H,8-11,13-16H2,1H3/t20-,21-/m0/s1. The number of nitrogens with one attached hydrogen (secondary N) is 1. The molecule has 2 aromatic rings. The molecule has 0 saturated carbocycles. The number of hydrogen-bond acceptors (Lipinski definition) is 6. The molecule has 6 nitrogen and oxygen atoms in total. The summed E-state index contributed by atoms with van der Waals surface area (Å²) in [6.07, 6.45) is 0.754. The van der Waals surface area contributed by atoms with Crippen molar-refractivity contribution in [3.63, 3.8) is 0 Å². The van der Waals surface area contributed by atoms with E-state index in [-0.39, 0.29) is 13.2 Å². The van der Waals surface area contributed by atoms with Gasteiger partial charge in [-0.05, 0) is 63.2 Å². The highest BCUT2D eigenvalue weighted by atomic mass is 35.5. The second kappa shape index (κ2) is 12.6. The minimum atomic E-state index is -0.605. The first-order valence-electron chi connectivity index (χ1n) is 11.0. The highest BCUT2D eigenvalue weighted by Crippen LogP contribution is 2.27. The predicted octanol–water partition coefficient (Wildman–Crippen LogP) is 3.54. The Kier molecular flexibility index (Phi) is 9.91. The van der Waals surface area contributed by atoms with Crippen molar-refractivity contribution in [1.29, 1.82) is 0 Å². The van der Waals surface area contributed by atoms with Gasteiger partial charge in [-0.3, -0.25) is 0 Å². The SMILES string of the molecule is Cc1ccc(OC[C@@H](O)CNC2CCN(C[C@H](O)COc3ccc(Cl)cc3Cl)CC2)cc1. The summed E-state index contributed by atoms with van der Waals surface area (Å²) in [7, 11) is 0. The molecule has 0 unspecified atom stereocenters. The van der Waals surface area contributed by atoms with Crippen LogP contribution >= 0.6 is 23.2 Å². The second-order valence-corrected chi connectivity index (χ2v) is 9.14. The molecule has 2 aromatic carbocycles. The van der Waals surface area contributed by atoms with Gasteiger partial charge in [-0.2, -0.15) is 0 Å². The number of halogens is 2. The van der Waals surface area contributed by atoms with Gasteiger partial charge >= 0.3 is 0 Å². The molecule has 1 heterocycles. The lowest BCUT2D eigenvalue weighted by molar-refractivity contribution is 0.0556. The first kappa shape index (κ1) is 25.1. The molecule has 0 bridgehead atoms. The van der Waals surface area contributed by atoms with Crippen LogP contribution in [0.25, 0.3) is 0 Å². The van der Waals surface area contributed by atoms with Crippen LogP contribution in [0.2, 0.25) is 10.0 Å². The molecule has 176 valence electrons. The first-order chi connectivity index (χ1) is 15.4. The fraction of sp³-hybridized carbons (Fsp3) is 0.500. The molecule has 1 aliphatic heterocycles. The highest BCUT2D eigenvalue weighted by molar-refractivity contribution is 6.35. The average Bonchev–Trinajstić information content (AvgIpc) is 2.77. The summed E-state index contributed by atoms with van der Waals surface area (Å²) in [5.74, 6) is 1.28. The maximum atomic E-state index is 10.3. The molecule has 8 heteroatoms. The number of benzene rings is 2. The summed E-state index contributed by atoms with van der Waals surface area (Å²) >= 11 is 12.0. The normalized spacial score (nSPS) is 17.2. The van der Waals surface area contributed by atoms with E-state index in [9.17, 15) is 10.2 Å². The number of piperidine rings is 1. The molecule has 1 fully saturated rings. The fourth-order valence-corrected chi connectivity index (χ4v) is 4.10. The van der Waals surface area contributed by atoms with Gasteiger partial charge in [-0.1, -0.05) is 40.9 Å². The maximum absolute atomic E-state index is 10.3. The van der Waals surface area contributed by atoms with Crippen LogP contribution < -0.4 is 14.8 Å². The van der Waals surface area contributed by atoms with Crippen molar-refractivity contribution in [2.45, 2.75) is 38.0 Å². The predicted molar refractivity (Wildman–Crippen MR) is 128 cm³/mol. The van der Waals surface area contributed by atoms with Crippen LogP contribution in [-0.4, -0.2) is 72.8 Å². The van der Waals surface area contributed by atoms with Crippen molar-refractivity contribution in [1.82, 2.24) is 10.2 Å². The zero-order valence-corrected chi connectivity index (χ0v) is 19.9. The Morgan fingerprint density at radius 2 is 1.69 bits per heavy atom. The number of aliphatic hydroxyl groups is 2. The number of nitrogens with zero attached hydrogens (tertiary/aromatic N) is 1. The topological polar surface area (TPSA) is 74.2 Å². The molecule has 0 amide bonds. The Morgan fingerprint density at radius 1 is 1.00 bits per heavy atom. The average molecular weight is 483 g/mol. The van der Waals surface area contributed by atoms with Gasteiger partial charge < -0.3 is 29.9 Å². The third-order valence-corrected chi connectivity index (χ3v) is 6.02. The molecule has 3 N–H and O–H groups in total. The smallest absolute Gasteiger partial charge is 0.138 e. The Labute approximate surface area is 200 Å². The van der Waals surface area contributed by atoms with Gasteiger partial charge in [0, 0.05) is 24.2 Å². The van der Waals surface area contributed by atoms with Crippen molar-refractivity contribution in [3.05, 3.63) is 58.1 Å². The van der Waals surface area contributed by atoms with Gasteiger partial charge in [-0.15, -0.1) is 0 Å². The number of rotatable bonds is 11. The van der Waals surface area contributed by atoms with Crippen molar-refractivity contribution in [2.24, 2.45) is 0 Å². The molecular formula is C24H32Cl2N2O4. The quantitative estimate of drug-likeness (QED) is 0.454.